The maximum Gasteiger partial charge on any atom is 0.338 e. The normalized spacial score (nSPS) is 14.0. The Hall–Kier alpha value is -2.92. The first kappa shape index (κ1) is 19.8. The summed E-state index contributed by atoms with van der Waals surface area (Å²) in [6.07, 6.45) is 1.68. The van der Waals surface area contributed by atoms with Crippen molar-refractivity contribution in [2.45, 2.75) is 26.7 Å². The van der Waals surface area contributed by atoms with Crippen LogP contribution in [0.15, 0.2) is 53.6 Å². The van der Waals surface area contributed by atoms with E-state index in [2.05, 4.69) is 0 Å². The van der Waals surface area contributed by atoms with Crippen molar-refractivity contribution in [3.8, 4) is 0 Å². The molecule has 2 amide bonds. The summed E-state index contributed by atoms with van der Waals surface area (Å²) >= 11 is 6.21. The number of hydrogen-bond donors (Lipinski definition) is 0. The smallest absolute Gasteiger partial charge is 0.338 e. The highest BCUT2D eigenvalue weighted by Crippen LogP contribution is 2.35. The Kier molecular flexibility index (Phi) is 5.95. The van der Waals surface area contributed by atoms with E-state index >= 15 is 0 Å². The molecule has 0 aromatic heterocycles. The number of aryl methyl sites for hydroxylation is 1. The zero-order valence-corrected chi connectivity index (χ0v) is 16.5. The first-order chi connectivity index (χ1) is 13.4. The van der Waals surface area contributed by atoms with Crippen LogP contribution in [0.4, 0.5) is 5.69 Å². The van der Waals surface area contributed by atoms with Crippen molar-refractivity contribution in [2.24, 2.45) is 0 Å². The molecule has 0 saturated heterocycles. The molecule has 0 atom stereocenters. The van der Waals surface area contributed by atoms with Crippen LogP contribution in [0.3, 0.4) is 0 Å². The second-order valence-corrected chi connectivity index (χ2v) is 6.92. The summed E-state index contributed by atoms with van der Waals surface area (Å²) in [5.41, 5.74) is 2.31. The average Bonchev–Trinajstić information content (AvgIpc) is 2.91. The Morgan fingerprint density at radius 3 is 2.46 bits per heavy atom. The lowest BCUT2D eigenvalue weighted by molar-refractivity contribution is -0.119. The van der Waals surface area contributed by atoms with Gasteiger partial charge in [-0.05, 0) is 37.1 Å². The third-order valence-electron chi connectivity index (χ3n) is 4.44. The first-order valence-corrected chi connectivity index (χ1v) is 9.44. The van der Waals surface area contributed by atoms with Crippen molar-refractivity contribution in [1.29, 1.82) is 0 Å². The highest BCUT2D eigenvalue weighted by atomic mass is 35.5. The van der Waals surface area contributed by atoms with Gasteiger partial charge in [0.25, 0.3) is 11.8 Å². The number of unbranched alkanes of at least 4 members (excludes halogenated alkanes) is 1. The molecule has 144 valence electrons. The topological polar surface area (TPSA) is 63.7 Å². The Morgan fingerprint density at radius 2 is 1.79 bits per heavy atom. The van der Waals surface area contributed by atoms with E-state index in [1.807, 2.05) is 26.0 Å². The van der Waals surface area contributed by atoms with Crippen molar-refractivity contribution < 1.29 is 19.1 Å². The number of imide groups is 1. The zero-order chi connectivity index (χ0) is 20.3. The summed E-state index contributed by atoms with van der Waals surface area (Å²) in [5.74, 6) is -1.62. The summed E-state index contributed by atoms with van der Waals surface area (Å²) in [6.45, 7) is 4.26. The fourth-order valence-electron chi connectivity index (χ4n) is 2.87. The molecule has 1 heterocycles. The molecule has 6 heteroatoms. The first-order valence-electron chi connectivity index (χ1n) is 9.06. The Bertz CT molecular complexity index is 963. The molecule has 0 unspecified atom stereocenters. The van der Waals surface area contributed by atoms with Crippen LogP contribution in [0, 0.1) is 6.92 Å². The molecule has 2 aromatic rings. The molecule has 0 N–H and O–H groups in total. The van der Waals surface area contributed by atoms with Crippen LogP contribution >= 0.6 is 11.6 Å². The van der Waals surface area contributed by atoms with E-state index in [0.29, 0.717) is 12.2 Å². The monoisotopic (exact) mass is 397 g/mol. The molecule has 0 radical (unpaired) electrons. The Labute approximate surface area is 168 Å². The van der Waals surface area contributed by atoms with Gasteiger partial charge in [-0.15, -0.1) is 0 Å². The van der Waals surface area contributed by atoms with Gasteiger partial charge in [-0.25, -0.2) is 9.69 Å². The van der Waals surface area contributed by atoms with Crippen LogP contribution in [0.1, 0.15) is 41.3 Å². The predicted octanol–water partition coefficient (Wildman–Crippen LogP) is 4.48. The van der Waals surface area contributed by atoms with Gasteiger partial charge < -0.3 is 4.74 Å². The van der Waals surface area contributed by atoms with E-state index in [-0.39, 0.29) is 21.9 Å². The van der Waals surface area contributed by atoms with Crippen LogP contribution in [-0.4, -0.2) is 24.4 Å². The second-order valence-electron chi connectivity index (χ2n) is 6.54. The number of anilines is 1. The van der Waals surface area contributed by atoms with Crippen LogP contribution in [0.25, 0.3) is 5.57 Å². The van der Waals surface area contributed by atoms with E-state index in [1.165, 1.54) is 6.07 Å². The molecule has 0 fully saturated rings. The van der Waals surface area contributed by atoms with E-state index in [0.717, 1.165) is 23.3 Å². The van der Waals surface area contributed by atoms with E-state index in [9.17, 15) is 14.4 Å². The summed E-state index contributed by atoms with van der Waals surface area (Å²) in [7, 11) is 0. The Morgan fingerprint density at radius 1 is 1.07 bits per heavy atom. The summed E-state index contributed by atoms with van der Waals surface area (Å²) < 4.78 is 5.20. The second kappa shape index (κ2) is 8.40. The lowest BCUT2D eigenvalue weighted by Gasteiger charge is -2.16. The fraction of sp³-hybridized carbons (Fsp3) is 0.227. The number of ether oxygens (including phenoxy) is 1. The van der Waals surface area contributed by atoms with Crippen LogP contribution in [0.2, 0.25) is 0 Å². The minimum absolute atomic E-state index is 0.134. The van der Waals surface area contributed by atoms with E-state index in [1.54, 1.807) is 30.3 Å². The van der Waals surface area contributed by atoms with Crippen molar-refractivity contribution >= 4 is 40.6 Å². The van der Waals surface area contributed by atoms with Gasteiger partial charge >= 0.3 is 5.97 Å². The van der Waals surface area contributed by atoms with Gasteiger partial charge in [-0.2, -0.15) is 0 Å². The predicted molar refractivity (Wildman–Crippen MR) is 108 cm³/mol. The average molecular weight is 398 g/mol. The standard InChI is InChI=1S/C22H20ClNO4/c1-3-4-12-28-22(27)16-6-5-7-17(13-16)24-20(25)18(19(23)21(24)26)15-10-8-14(2)9-11-15/h5-11,13H,3-4,12H2,1-2H3. The number of nitrogens with zero attached hydrogens (tertiary/aromatic N) is 1. The summed E-state index contributed by atoms with van der Waals surface area (Å²) in [6, 6.07) is 13.4. The molecular formula is C22H20ClNO4. The molecule has 2 aromatic carbocycles. The van der Waals surface area contributed by atoms with Crippen LogP contribution in [0.5, 0.6) is 0 Å². The SMILES string of the molecule is CCCCOC(=O)c1cccc(N2C(=O)C(Cl)=C(c3ccc(C)cc3)C2=O)c1. The summed E-state index contributed by atoms with van der Waals surface area (Å²) in [5, 5.41) is -0.134. The number of benzene rings is 2. The number of esters is 1. The fourth-order valence-corrected chi connectivity index (χ4v) is 3.15. The number of amides is 2. The number of halogens is 1. The third kappa shape index (κ3) is 3.85. The lowest BCUT2D eigenvalue weighted by atomic mass is 10.0. The molecule has 0 saturated carbocycles. The molecule has 0 bridgehead atoms. The van der Waals surface area contributed by atoms with Crippen molar-refractivity contribution in [3.63, 3.8) is 0 Å². The quantitative estimate of drug-likeness (QED) is 0.409. The number of rotatable bonds is 6. The highest BCUT2D eigenvalue weighted by Gasteiger charge is 2.39. The zero-order valence-electron chi connectivity index (χ0n) is 15.7. The highest BCUT2D eigenvalue weighted by molar-refractivity contribution is 6.60. The lowest BCUT2D eigenvalue weighted by Crippen LogP contribution is -2.31. The van der Waals surface area contributed by atoms with Gasteiger partial charge in [0, 0.05) is 0 Å². The van der Waals surface area contributed by atoms with Crippen molar-refractivity contribution in [3.05, 3.63) is 70.3 Å². The van der Waals surface area contributed by atoms with Crippen LogP contribution in [-0.2, 0) is 14.3 Å². The number of carbonyl (C=O) groups excluding carboxylic acids is 3. The largest absolute Gasteiger partial charge is 0.462 e. The van der Waals surface area contributed by atoms with Gasteiger partial charge in [0.1, 0.15) is 5.03 Å². The summed E-state index contributed by atoms with van der Waals surface area (Å²) in [4.78, 5) is 38.8. The molecule has 5 nitrogen and oxygen atoms in total. The van der Waals surface area contributed by atoms with Gasteiger partial charge in [-0.3, -0.25) is 9.59 Å². The molecule has 0 spiro atoms. The maximum absolute atomic E-state index is 13.0. The van der Waals surface area contributed by atoms with Crippen LogP contribution < -0.4 is 4.90 Å². The van der Waals surface area contributed by atoms with Gasteiger partial charge in [0.15, 0.2) is 0 Å². The van der Waals surface area contributed by atoms with E-state index in [4.69, 9.17) is 16.3 Å². The molecule has 28 heavy (non-hydrogen) atoms. The number of carbonyl (C=O) groups is 3. The molecule has 0 aliphatic carbocycles. The van der Waals surface area contributed by atoms with E-state index < -0.39 is 17.8 Å². The van der Waals surface area contributed by atoms with Crippen molar-refractivity contribution in [1.82, 2.24) is 0 Å². The van der Waals surface area contributed by atoms with Crippen molar-refractivity contribution in [2.75, 3.05) is 11.5 Å². The van der Waals surface area contributed by atoms with Gasteiger partial charge in [-0.1, -0.05) is 60.8 Å². The van der Waals surface area contributed by atoms with Gasteiger partial charge in [0.2, 0.25) is 0 Å². The Balaban J connectivity index is 1.88. The molecular weight excluding hydrogens is 378 g/mol. The third-order valence-corrected chi connectivity index (χ3v) is 4.79. The van der Waals surface area contributed by atoms with Gasteiger partial charge in [0.05, 0.1) is 23.4 Å². The number of hydrogen-bond acceptors (Lipinski definition) is 4. The minimum Gasteiger partial charge on any atom is -0.462 e. The molecule has 1 aliphatic rings. The molecule has 3 rings (SSSR count). The maximum atomic E-state index is 13.0. The minimum atomic E-state index is -0.612. The molecule has 1 aliphatic heterocycles.